The minimum atomic E-state index is -1.38. The Hall–Kier alpha value is -3.65. The van der Waals surface area contributed by atoms with Crippen LogP contribution >= 0.6 is 23.2 Å². The minimum absolute atomic E-state index is 0.00165. The summed E-state index contributed by atoms with van der Waals surface area (Å²) >= 11 is 12.4. The Kier molecular flexibility index (Phi) is 8.46. The zero-order valence-electron chi connectivity index (χ0n) is 23.4. The highest BCUT2D eigenvalue weighted by Crippen LogP contribution is 2.46. The molecule has 3 saturated heterocycles. The number of hydrogen-bond donors (Lipinski definition) is 0. The monoisotopic (exact) mass is 611 g/mol. The van der Waals surface area contributed by atoms with Crippen molar-refractivity contribution in [1.82, 2.24) is 14.7 Å². The molecule has 0 N–H and O–H groups in total. The van der Waals surface area contributed by atoms with Crippen LogP contribution in [0.15, 0.2) is 42.5 Å². The van der Waals surface area contributed by atoms with Crippen LogP contribution in [0.4, 0.5) is 10.5 Å². The Morgan fingerprint density at radius 1 is 1.07 bits per heavy atom. The van der Waals surface area contributed by atoms with Gasteiger partial charge in [-0.1, -0.05) is 35.3 Å². The molecule has 2 unspecified atom stereocenters. The summed E-state index contributed by atoms with van der Waals surface area (Å²) in [6, 6.07) is 12.9. The molecule has 42 heavy (non-hydrogen) atoms. The van der Waals surface area contributed by atoms with E-state index in [1.807, 2.05) is 4.90 Å². The van der Waals surface area contributed by atoms with Gasteiger partial charge >= 0.3 is 12.0 Å². The Morgan fingerprint density at radius 3 is 2.31 bits per heavy atom. The fraction of sp³-hybridized carbons (Fsp3) is 0.433. The Bertz CT molecular complexity index is 1430. The standard InChI is InChI=1S/C30H31Cl2N5O5/c1-3-42-27(39)21-8-10-35(11-9-21)17-26(38)36-16-25(20-6-4-19(15-33)5-7-20)30(18-36)28(40)37(29(41)34(30)2)24-13-22(31)12-23(32)14-24/h4-7,12-14,21,25H,3,8-11,16-18H2,1-2H3. The first kappa shape index (κ1) is 29.8. The molecule has 2 aromatic rings. The van der Waals surface area contributed by atoms with E-state index in [1.165, 1.54) is 23.1 Å². The van der Waals surface area contributed by atoms with Crippen molar-refractivity contribution < 1.29 is 23.9 Å². The number of amides is 4. The number of piperidine rings is 1. The van der Waals surface area contributed by atoms with Gasteiger partial charge in [-0.2, -0.15) is 5.26 Å². The number of nitriles is 1. The van der Waals surface area contributed by atoms with Crippen LogP contribution in [0.5, 0.6) is 0 Å². The number of urea groups is 1. The number of likely N-dealkylation sites (N-methyl/N-ethyl adjacent to an activating group) is 1. The van der Waals surface area contributed by atoms with Gasteiger partial charge < -0.3 is 14.5 Å². The highest BCUT2D eigenvalue weighted by molar-refractivity contribution is 6.35. The van der Waals surface area contributed by atoms with Crippen molar-refractivity contribution in [2.24, 2.45) is 5.92 Å². The average molecular weight is 613 g/mol. The summed E-state index contributed by atoms with van der Waals surface area (Å²) in [5.74, 6) is -1.57. The highest BCUT2D eigenvalue weighted by Gasteiger charge is 2.65. The van der Waals surface area contributed by atoms with Crippen LogP contribution in [-0.4, -0.2) is 90.4 Å². The van der Waals surface area contributed by atoms with Gasteiger partial charge in [0, 0.05) is 29.6 Å². The SMILES string of the molecule is CCOC(=O)C1CCN(CC(=O)N2CC(c3ccc(C#N)cc3)C3(C2)C(=O)N(c2cc(Cl)cc(Cl)c2)C(=O)N3C)CC1. The fourth-order valence-electron chi connectivity index (χ4n) is 6.27. The summed E-state index contributed by atoms with van der Waals surface area (Å²) in [5.41, 5.74) is 0.0620. The van der Waals surface area contributed by atoms with Gasteiger partial charge in [0.25, 0.3) is 5.91 Å². The summed E-state index contributed by atoms with van der Waals surface area (Å²) in [6.07, 6.45) is 1.22. The van der Waals surface area contributed by atoms with E-state index in [0.29, 0.717) is 38.1 Å². The lowest BCUT2D eigenvalue weighted by Gasteiger charge is -2.34. The fourth-order valence-corrected chi connectivity index (χ4v) is 6.79. The number of carbonyl (C=O) groups excluding carboxylic acids is 4. The molecule has 0 aliphatic carbocycles. The van der Waals surface area contributed by atoms with Crippen LogP contribution in [0, 0.1) is 17.2 Å². The van der Waals surface area contributed by atoms with E-state index in [9.17, 15) is 24.4 Å². The van der Waals surface area contributed by atoms with Crippen LogP contribution < -0.4 is 4.90 Å². The molecule has 3 aliphatic rings. The number of ether oxygens (including phenoxy) is 1. The largest absolute Gasteiger partial charge is 0.466 e. The number of hydrogen-bond acceptors (Lipinski definition) is 7. The maximum absolute atomic E-state index is 14.3. The van der Waals surface area contributed by atoms with Gasteiger partial charge in [-0.05, 0) is 68.8 Å². The maximum Gasteiger partial charge on any atom is 0.332 e. The summed E-state index contributed by atoms with van der Waals surface area (Å²) < 4.78 is 5.15. The highest BCUT2D eigenvalue weighted by atomic mass is 35.5. The van der Waals surface area contributed by atoms with Crippen LogP contribution in [0.25, 0.3) is 0 Å². The van der Waals surface area contributed by atoms with Gasteiger partial charge in [0.1, 0.15) is 5.54 Å². The molecule has 2 atom stereocenters. The molecule has 0 saturated carbocycles. The van der Waals surface area contributed by atoms with Crippen molar-refractivity contribution >= 4 is 52.7 Å². The van der Waals surface area contributed by atoms with Crippen LogP contribution in [0.1, 0.15) is 36.8 Å². The van der Waals surface area contributed by atoms with E-state index < -0.39 is 23.4 Å². The van der Waals surface area contributed by atoms with Crippen LogP contribution in [0.2, 0.25) is 10.0 Å². The molecule has 10 nitrogen and oxygen atoms in total. The lowest BCUT2D eigenvalue weighted by atomic mass is 9.80. The van der Waals surface area contributed by atoms with Crippen molar-refractivity contribution in [3.8, 4) is 6.07 Å². The first-order chi connectivity index (χ1) is 20.1. The summed E-state index contributed by atoms with van der Waals surface area (Å²) in [6.45, 7) is 3.61. The van der Waals surface area contributed by atoms with Gasteiger partial charge in [0.15, 0.2) is 0 Å². The number of carbonyl (C=O) groups is 4. The number of anilines is 1. The van der Waals surface area contributed by atoms with E-state index in [4.69, 9.17) is 27.9 Å². The van der Waals surface area contributed by atoms with Crippen LogP contribution in [-0.2, 0) is 19.1 Å². The molecule has 3 heterocycles. The summed E-state index contributed by atoms with van der Waals surface area (Å²) in [4.78, 5) is 59.9. The number of halogens is 2. The molecule has 5 rings (SSSR count). The van der Waals surface area contributed by atoms with E-state index >= 15 is 0 Å². The molecule has 0 aromatic heterocycles. The number of rotatable bonds is 6. The molecular formula is C30H31Cl2N5O5. The van der Waals surface area contributed by atoms with E-state index in [1.54, 1.807) is 43.1 Å². The molecule has 1 spiro atoms. The third-order valence-corrected chi connectivity index (χ3v) is 8.96. The minimum Gasteiger partial charge on any atom is -0.466 e. The van der Waals surface area contributed by atoms with Gasteiger partial charge in [-0.25, -0.2) is 9.69 Å². The second kappa shape index (κ2) is 11.9. The third kappa shape index (κ3) is 5.33. The Morgan fingerprint density at radius 2 is 1.71 bits per heavy atom. The summed E-state index contributed by atoms with van der Waals surface area (Å²) in [7, 11) is 1.57. The first-order valence-electron chi connectivity index (χ1n) is 13.8. The second-order valence-corrected chi connectivity index (χ2v) is 11.8. The van der Waals surface area contributed by atoms with E-state index in [0.717, 1.165) is 10.5 Å². The molecule has 0 bridgehead atoms. The molecule has 0 radical (unpaired) electrons. The molecule has 220 valence electrons. The molecular weight excluding hydrogens is 581 g/mol. The van der Waals surface area contributed by atoms with Crippen molar-refractivity contribution in [3.63, 3.8) is 0 Å². The molecule has 12 heteroatoms. The van der Waals surface area contributed by atoms with Gasteiger partial charge in [-0.3, -0.25) is 19.3 Å². The van der Waals surface area contributed by atoms with Crippen molar-refractivity contribution in [3.05, 3.63) is 63.6 Å². The second-order valence-electron chi connectivity index (χ2n) is 10.9. The summed E-state index contributed by atoms with van der Waals surface area (Å²) in [5, 5.41) is 9.85. The lowest BCUT2D eigenvalue weighted by Crippen LogP contribution is -2.54. The number of nitrogens with zero attached hydrogens (tertiary/aromatic N) is 5. The molecule has 4 amide bonds. The quantitative estimate of drug-likeness (QED) is 0.359. The number of esters is 1. The first-order valence-corrected chi connectivity index (χ1v) is 14.6. The normalized spacial score (nSPS) is 23.1. The zero-order chi connectivity index (χ0) is 30.2. The van der Waals surface area contributed by atoms with Gasteiger partial charge in [-0.15, -0.1) is 0 Å². The van der Waals surface area contributed by atoms with E-state index in [-0.39, 0.29) is 53.2 Å². The molecule has 2 aromatic carbocycles. The number of likely N-dealkylation sites (tertiary alicyclic amines) is 2. The van der Waals surface area contributed by atoms with Crippen molar-refractivity contribution in [2.75, 3.05) is 51.3 Å². The number of imide groups is 1. The van der Waals surface area contributed by atoms with Gasteiger partial charge in [0.05, 0.1) is 42.9 Å². The average Bonchev–Trinajstić information content (AvgIpc) is 3.46. The van der Waals surface area contributed by atoms with Crippen LogP contribution in [0.3, 0.4) is 0 Å². The predicted octanol–water partition coefficient (Wildman–Crippen LogP) is 3.90. The predicted molar refractivity (Wildman–Crippen MR) is 156 cm³/mol. The van der Waals surface area contributed by atoms with Crippen molar-refractivity contribution in [2.45, 2.75) is 31.2 Å². The number of benzene rings is 2. The Labute approximate surface area is 254 Å². The molecule has 3 fully saturated rings. The zero-order valence-corrected chi connectivity index (χ0v) is 24.9. The van der Waals surface area contributed by atoms with E-state index in [2.05, 4.69) is 6.07 Å². The Balaban J connectivity index is 1.42. The van der Waals surface area contributed by atoms with Gasteiger partial charge in [0.2, 0.25) is 5.91 Å². The third-order valence-electron chi connectivity index (χ3n) is 8.53. The maximum atomic E-state index is 14.3. The smallest absolute Gasteiger partial charge is 0.332 e. The lowest BCUT2D eigenvalue weighted by molar-refractivity contribution is -0.149. The topological polar surface area (TPSA) is 114 Å². The van der Waals surface area contributed by atoms with Crippen molar-refractivity contribution in [1.29, 1.82) is 5.26 Å². The molecule has 3 aliphatic heterocycles.